The smallest absolute Gasteiger partial charge is 0.0540 e. The molecule has 2 aromatic carbocycles. The molecule has 32 heavy (non-hydrogen) atoms. The number of rotatable bonds is 19. The van der Waals surface area contributed by atoms with E-state index in [-0.39, 0.29) is 6.10 Å². The molecule has 0 fully saturated rings. The number of hydrogen-bond acceptors (Lipinski definition) is 2. The first-order valence-electron chi connectivity index (χ1n) is 13.4. The van der Waals surface area contributed by atoms with Crippen LogP contribution < -0.4 is 5.32 Å². The summed E-state index contributed by atoms with van der Waals surface area (Å²) in [4.78, 5) is 0. The zero-order valence-electron chi connectivity index (χ0n) is 20.5. The molecule has 2 rings (SSSR count). The second kappa shape index (κ2) is 17.7. The molecule has 0 saturated heterocycles. The van der Waals surface area contributed by atoms with Gasteiger partial charge in [0.2, 0.25) is 0 Å². The molecule has 0 aliphatic rings. The quantitative estimate of drug-likeness (QED) is 0.215. The number of unbranched alkanes of at least 4 members (excludes halogenated alkanes) is 11. The van der Waals surface area contributed by atoms with Gasteiger partial charge in [-0.3, -0.25) is 0 Å². The van der Waals surface area contributed by atoms with Gasteiger partial charge in [0.25, 0.3) is 0 Å². The molecule has 0 radical (unpaired) electrons. The summed E-state index contributed by atoms with van der Waals surface area (Å²) in [5.74, 6) is 0. The monoisotopic (exact) mass is 437 g/mol. The number of aliphatic hydroxyl groups excluding tert-OH is 1. The highest BCUT2D eigenvalue weighted by molar-refractivity contribution is 5.59. The Labute approximate surface area is 197 Å². The molecule has 2 N–H and O–H groups in total. The van der Waals surface area contributed by atoms with Crippen LogP contribution in [-0.2, 0) is 6.42 Å². The third kappa shape index (κ3) is 12.9. The molecule has 1 unspecified atom stereocenters. The van der Waals surface area contributed by atoms with E-state index >= 15 is 0 Å². The van der Waals surface area contributed by atoms with Crippen molar-refractivity contribution in [3.63, 3.8) is 0 Å². The van der Waals surface area contributed by atoms with Gasteiger partial charge in [-0.25, -0.2) is 0 Å². The maximum atomic E-state index is 10.2. The van der Waals surface area contributed by atoms with Gasteiger partial charge in [-0.1, -0.05) is 114 Å². The molecule has 0 bridgehead atoms. The van der Waals surface area contributed by atoms with Crippen molar-refractivity contribution in [2.24, 2.45) is 0 Å². The van der Waals surface area contributed by atoms with Gasteiger partial charge in [0.15, 0.2) is 0 Å². The summed E-state index contributed by atoms with van der Waals surface area (Å²) < 4.78 is 0. The Morgan fingerprint density at radius 2 is 1.09 bits per heavy atom. The van der Waals surface area contributed by atoms with Crippen LogP contribution in [0.2, 0.25) is 0 Å². The molecule has 0 aliphatic carbocycles. The van der Waals surface area contributed by atoms with Gasteiger partial charge in [0.1, 0.15) is 0 Å². The lowest BCUT2D eigenvalue weighted by molar-refractivity contribution is 0.147. The van der Waals surface area contributed by atoms with Crippen LogP contribution in [0.1, 0.15) is 109 Å². The Morgan fingerprint density at radius 3 is 1.69 bits per heavy atom. The Hall–Kier alpha value is -1.80. The highest BCUT2D eigenvalue weighted by atomic mass is 16.3. The standard InChI is InChI=1S/C30H47NO/c1-2-3-4-5-6-7-8-9-16-21-30(32)22-17-11-10-13-18-27-23-25-29(26-24-27)31-28-19-14-12-15-20-28/h12,14-15,19-20,23-26,30-32H,2-11,13,16-18,21-22H2,1H3. The fourth-order valence-electron chi connectivity index (χ4n) is 4.34. The van der Waals surface area contributed by atoms with Gasteiger partial charge in [0, 0.05) is 11.4 Å². The van der Waals surface area contributed by atoms with Crippen LogP contribution in [0.3, 0.4) is 0 Å². The fourth-order valence-corrected chi connectivity index (χ4v) is 4.34. The zero-order valence-corrected chi connectivity index (χ0v) is 20.5. The Bertz CT molecular complexity index is 667. The van der Waals surface area contributed by atoms with E-state index in [0.717, 1.165) is 30.6 Å². The molecule has 0 aromatic heterocycles. The SMILES string of the molecule is CCCCCCCCCCCC(O)CCCCCCc1ccc(Nc2ccccc2)cc1. The number of hydrogen-bond donors (Lipinski definition) is 2. The molecular weight excluding hydrogens is 390 g/mol. The van der Waals surface area contributed by atoms with Gasteiger partial charge in [-0.2, -0.15) is 0 Å². The van der Waals surface area contributed by atoms with Gasteiger partial charge in [-0.15, -0.1) is 0 Å². The van der Waals surface area contributed by atoms with Crippen molar-refractivity contribution in [1.82, 2.24) is 0 Å². The lowest BCUT2D eigenvalue weighted by atomic mass is 10.0. The summed E-state index contributed by atoms with van der Waals surface area (Å²) in [6.07, 6.45) is 20.1. The maximum absolute atomic E-state index is 10.2. The van der Waals surface area contributed by atoms with Crippen molar-refractivity contribution in [2.75, 3.05) is 5.32 Å². The number of nitrogens with one attached hydrogen (secondary N) is 1. The summed E-state index contributed by atoms with van der Waals surface area (Å²) >= 11 is 0. The van der Waals surface area contributed by atoms with E-state index in [9.17, 15) is 5.11 Å². The minimum atomic E-state index is -0.0794. The summed E-state index contributed by atoms with van der Waals surface area (Å²) in [6, 6.07) is 19.1. The van der Waals surface area contributed by atoms with Crippen LogP contribution in [0.4, 0.5) is 11.4 Å². The third-order valence-corrected chi connectivity index (χ3v) is 6.41. The molecule has 2 nitrogen and oxygen atoms in total. The molecular formula is C30H47NO. The van der Waals surface area contributed by atoms with Crippen LogP contribution in [0.25, 0.3) is 0 Å². The van der Waals surface area contributed by atoms with Crippen LogP contribution >= 0.6 is 0 Å². The van der Waals surface area contributed by atoms with E-state index < -0.39 is 0 Å². The lowest BCUT2D eigenvalue weighted by Gasteiger charge is -2.10. The van der Waals surface area contributed by atoms with E-state index in [1.165, 1.54) is 89.0 Å². The topological polar surface area (TPSA) is 32.3 Å². The van der Waals surface area contributed by atoms with Crippen LogP contribution in [0.5, 0.6) is 0 Å². The molecule has 0 aliphatic heterocycles. The molecule has 0 saturated carbocycles. The Kier molecular flexibility index (Phi) is 14.6. The highest BCUT2D eigenvalue weighted by Crippen LogP contribution is 2.18. The Morgan fingerprint density at radius 1 is 0.594 bits per heavy atom. The summed E-state index contributed by atoms with van der Waals surface area (Å²) in [6.45, 7) is 2.27. The van der Waals surface area contributed by atoms with Crippen molar-refractivity contribution in [3.05, 3.63) is 60.2 Å². The second-order valence-electron chi connectivity index (χ2n) is 9.41. The van der Waals surface area contributed by atoms with E-state index in [2.05, 4.69) is 48.6 Å². The van der Waals surface area contributed by atoms with Crippen LogP contribution in [-0.4, -0.2) is 11.2 Å². The number of para-hydroxylation sites is 1. The molecule has 1 atom stereocenters. The number of anilines is 2. The zero-order chi connectivity index (χ0) is 22.7. The van der Waals surface area contributed by atoms with Gasteiger partial charge < -0.3 is 10.4 Å². The van der Waals surface area contributed by atoms with Crippen molar-refractivity contribution in [1.29, 1.82) is 0 Å². The molecule has 178 valence electrons. The average Bonchev–Trinajstić information content (AvgIpc) is 2.82. The first-order valence-corrected chi connectivity index (χ1v) is 13.4. The maximum Gasteiger partial charge on any atom is 0.0540 e. The molecule has 0 spiro atoms. The first kappa shape index (κ1) is 26.5. The van der Waals surface area contributed by atoms with E-state index in [4.69, 9.17) is 0 Å². The molecule has 2 aromatic rings. The van der Waals surface area contributed by atoms with Gasteiger partial charge in [0.05, 0.1) is 6.10 Å². The minimum Gasteiger partial charge on any atom is -0.393 e. The highest BCUT2D eigenvalue weighted by Gasteiger charge is 2.04. The summed E-state index contributed by atoms with van der Waals surface area (Å²) in [5, 5.41) is 13.6. The number of aliphatic hydroxyl groups is 1. The number of aryl methyl sites for hydroxylation is 1. The third-order valence-electron chi connectivity index (χ3n) is 6.41. The van der Waals surface area contributed by atoms with Gasteiger partial charge >= 0.3 is 0 Å². The predicted octanol–water partition coefficient (Wildman–Crippen LogP) is 9.21. The van der Waals surface area contributed by atoms with Crippen LogP contribution in [0, 0.1) is 0 Å². The second-order valence-corrected chi connectivity index (χ2v) is 9.41. The predicted molar refractivity (Wildman–Crippen MR) is 141 cm³/mol. The molecule has 0 heterocycles. The summed E-state index contributed by atoms with van der Waals surface area (Å²) in [7, 11) is 0. The number of benzene rings is 2. The minimum absolute atomic E-state index is 0.0794. The van der Waals surface area contributed by atoms with Crippen molar-refractivity contribution >= 4 is 11.4 Å². The first-order chi connectivity index (χ1) is 15.8. The molecule has 2 heteroatoms. The average molecular weight is 438 g/mol. The summed E-state index contributed by atoms with van der Waals surface area (Å²) in [5.41, 5.74) is 3.68. The van der Waals surface area contributed by atoms with Crippen molar-refractivity contribution in [2.45, 2.75) is 116 Å². The van der Waals surface area contributed by atoms with E-state index in [1.807, 2.05) is 18.2 Å². The lowest BCUT2D eigenvalue weighted by Crippen LogP contribution is -2.06. The molecule has 0 amide bonds. The van der Waals surface area contributed by atoms with E-state index in [1.54, 1.807) is 0 Å². The van der Waals surface area contributed by atoms with Gasteiger partial charge in [-0.05, 0) is 55.5 Å². The fraction of sp³-hybridized carbons (Fsp3) is 0.600. The van der Waals surface area contributed by atoms with Crippen molar-refractivity contribution in [3.8, 4) is 0 Å². The van der Waals surface area contributed by atoms with Crippen LogP contribution in [0.15, 0.2) is 54.6 Å². The Balaban J connectivity index is 1.41. The largest absolute Gasteiger partial charge is 0.393 e. The van der Waals surface area contributed by atoms with E-state index in [0.29, 0.717) is 0 Å². The normalized spacial score (nSPS) is 12.1. The van der Waals surface area contributed by atoms with Crippen molar-refractivity contribution < 1.29 is 5.11 Å².